The van der Waals surface area contributed by atoms with Gasteiger partial charge in [0.1, 0.15) is 6.20 Å². The number of ether oxygens (including phenoxy) is 3. The van der Waals surface area contributed by atoms with Gasteiger partial charge in [0.25, 0.3) is 5.69 Å². The van der Waals surface area contributed by atoms with E-state index in [1.165, 1.54) is 31.2 Å². The third-order valence-corrected chi connectivity index (χ3v) is 4.51. The van der Waals surface area contributed by atoms with Gasteiger partial charge in [-0.15, -0.1) is 5.10 Å². The topological polar surface area (TPSA) is 129 Å². The van der Waals surface area contributed by atoms with Gasteiger partial charge < -0.3 is 14.2 Å². The zero-order chi connectivity index (χ0) is 22.7. The van der Waals surface area contributed by atoms with Crippen LogP contribution < -0.4 is 9.47 Å². The molecule has 0 saturated carbocycles. The number of nitrogens with zero attached hydrogens (tertiary/aromatic N) is 5. The molecule has 3 aromatic rings. The number of aromatic nitrogens is 2. The van der Waals surface area contributed by atoms with E-state index in [0.29, 0.717) is 28.5 Å². The van der Waals surface area contributed by atoms with Crippen LogP contribution in [0, 0.1) is 10.1 Å². The lowest BCUT2D eigenvalue weighted by molar-refractivity contribution is -0.385. The van der Waals surface area contributed by atoms with Gasteiger partial charge in [0.2, 0.25) is 23.9 Å². The van der Waals surface area contributed by atoms with Crippen molar-refractivity contribution in [1.29, 1.82) is 0 Å². The molecule has 1 aromatic carbocycles. The largest absolute Gasteiger partial charge is 0.493 e. The highest BCUT2D eigenvalue weighted by atomic mass is 16.6. The van der Waals surface area contributed by atoms with Gasteiger partial charge in [-0.25, -0.2) is 4.98 Å². The van der Waals surface area contributed by atoms with Gasteiger partial charge >= 0.3 is 0 Å². The highest BCUT2D eigenvalue weighted by Gasteiger charge is 2.33. The Bertz CT molecular complexity index is 1180. The molecule has 1 aliphatic heterocycles. The molecule has 0 aliphatic carbocycles. The number of hydrazone groups is 1. The second-order valence-electron chi connectivity index (χ2n) is 6.60. The Balaban J connectivity index is 1.59. The molecule has 1 amide bonds. The molecule has 3 heterocycles. The average Bonchev–Trinajstić information content (AvgIpc) is 3.26. The molecule has 11 nitrogen and oxygen atoms in total. The number of methoxy groups -OCH3 is 1. The summed E-state index contributed by atoms with van der Waals surface area (Å²) in [6.45, 7) is 1.39. The van der Waals surface area contributed by atoms with E-state index in [-0.39, 0.29) is 17.5 Å². The fourth-order valence-corrected chi connectivity index (χ4v) is 2.97. The summed E-state index contributed by atoms with van der Waals surface area (Å²) in [5.74, 6) is 0.843. The number of rotatable bonds is 6. The van der Waals surface area contributed by atoms with Crippen molar-refractivity contribution in [2.24, 2.45) is 5.10 Å². The number of amides is 1. The number of pyridine rings is 2. The Labute approximate surface area is 182 Å². The van der Waals surface area contributed by atoms with Crippen LogP contribution >= 0.6 is 0 Å². The van der Waals surface area contributed by atoms with Crippen LogP contribution in [0.25, 0.3) is 0 Å². The highest BCUT2D eigenvalue weighted by molar-refractivity contribution is 5.96. The molecule has 0 bridgehead atoms. The van der Waals surface area contributed by atoms with Crippen LogP contribution in [0.15, 0.2) is 66.2 Å². The molecule has 1 atom stereocenters. The summed E-state index contributed by atoms with van der Waals surface area (Å²) in [6, 6.07) is 11.1. The van der Waals surface area contributed by atoms with Crippen molar-refractivity contribution in [3.63, 3.8) is 0 Å². The van der Waals surface area contributed by atoms with E-state index >= 15 is 0 Å². The van der Waals surface area contributed by atoms with E-state index in [4.69, 9.17) is 14.2 Å². The predicted octanol–water partition coefficient (Wildman–Crippen LogP) is 3.42. The van der Waals surface area contributed by atoms with Gasteiger partial charge in [-0.2, -0.15) is 5.01 Å². The standard InChI is InChI=1S/C21H17N5O6/c1-13(27)25-21(32-20(24-25)14-7-9-22-10-8-14)15-3-5-17(18(11-15)30-2)31-19-6-4-16(12-23-19)26(28)29/h3-12,21H,1-2H3/t21-/m1/s1. The van der Waals surface area contributed by atoms with Crippen molar-refractivity contribution >= 4 is 17.5 Å². The molecule has 0 spiro atoms. The third-order valence-electron chi connectivity index (χ3n) is 4.51. The first-order valence-electron chi connectivity index (χ1n) is 9.38. The van der Waals surface area contributed by atoms with E-state index in [0.717, 1.165) is 6.20 Å². The zero-order valence-electron chi connectivity index (χ0n) is 17.0. The van der Waals surface area contributed by atoms with Crippen molar-refractivity contribution < 1.29 is 23.9 Å². The summed E-state index contributed by atoms with van der Waals surface area (Å²) in [6.07, 6.45) is 3.52. The molecule has 32 heavy (non-hydrogen) atoms. The number of nitro groups is 1. The molecular formula is C21H17N5O6. The summed E-state index contributed by atoms with van der Waals surface area (Å²) in [7, 11) is 1.46. The van der Waals surface area contributed by atoms with Crippen LogP contribution in [0.1, 0.15) is 24.3 Å². The van der Waals surface area contributed by atoms with Gasteiger partial charge in [-0.1, -0.05) is 0 Å². The molecule has 11 heteroatoms. The van der Waals surface area contributed by atoms with Crippen LogP contribution in [-0.4, -0.2) is 38.8 Å². The van der Waals surface area contributed by atoms with Crippen LogP contribution in [0.3, 0.4) is 0 Å². The number of carbonyl (C=O) groups is 1. The van der Waals surface area contributed by atoms with Gasteiger partial charge in [0.15, 0.2) is 11.5 Å². The van der Waals surface area contributed by atoms with E-state index in [9.17, 15) is 14.9 Å². The Kier molecular flexibility index (Phi) is 5.62. The van der Waals surface area contributed by atoms with Gasteiger partial charge in [0, 0.05) is 42.6 Å². The zero-order valence-corrected chi connectivity index (χ0v) is 17.0. The summed E-state index contributed by atoms with van der Waals surface area (Å²) in [4.78, 5) is 30.3. The molecule has 4 rings (SSSR count). The summed E-state index contributed by atoms with van der Waals surface area (Å²) < 4.78 is 17.1. The van der Waals surface area contributed by atoms with E-state index in [2.05, 4.69) is 15.1 Å². The molecule has 0 fully saturated rings. The first kappa shape index (κ1) is 20.7. The fraction of sp³-hybridized carbons (Fsp3) is 0.143. The highest BCUT2D eigenvalue weighted by Crippen LogP contribution is 2.37. The van der Waals surface area contributed by atoms with Crippen molar-refractivity contribution in [1.82, 2.24) is 15.0 Å². The SMILES string of the molecule is COc1cc([C@H]2OC(c3ccncc3)=NN2C(C)=O)ccc1Oc1ccc([N+](=O)[O-])cn1. The van der Waals surface area contributed by atoms with Gasteiger partial charge in [-0.3, -0.25) is 19.9 Å². The molecule has 0 N–H and O–H groups in total. The minimum Gasteiger partial charge on any atom is -0.493 e. The predicted molar refractivity (Wildman–Crippen MR) is 111 cm³/mol. The maximum atomic E-state index is 12.2. The molecule has 0 unspecified atom stereocenters. The van der Waals surface area contributed by atoms with Crippen molar-refractivity contribution in [2.75, 3.05) is 7.11 Å². The second-order valence-corrected chi connectivity index (χ2v) is 6.60. The molecule has 0 saturated heterocycles. The van der Waals surface area contributed by atoms with Gasteiger partial charge in [0.05, 0.1) is 12.0 Å². The maximum absolute atomic E-state index is 12.2. The lowest BCUT2D eigenvalue weighted by Crippen LogP contribution is -2.25. The van der Waals surface area contributed by atoms with Crippen LogP contribution in [0.2, 0.25) is 0 Å². The van der Waals surface area contributed by atoms with E-state index < -0.39 is 11.2 Å². The Morgan fingerprint density at radius 2 is 1.94 bits per heavy atom. The first-order valence-corrected chi connectivity index (χ1v) is 9.38. The molecule has 162 valence electrons. The lowest BCUT2D eigenvalue weighted by atomic mass is 10.1. The van der Waals surface area contributed by atoms with Crippen LogP contribution in [-0.2, 0) is 9.53 Å². The maximum Gasteiger partial charge on any atom is 0.287 e. The van der Waals surface area contributed by atoms with E-state index in [1.54, 1.807) is 42.7 Å². The summed E-state index contributed by atoms with van der Waals surface area (Å²) in [5.41, 5.74) is 1.14. The van der Waals surface area contributed by atoms with Crippen molar-refractivity contribution in [3.8, 4) is 17.4 Å². The Morgan fingerprint density at radius 1 is 1.16 bits per heavy atom. The van der Waals surface area contributed by atoms with Crippen molar-refractivity contribution in [2.45, 2.75) is 13.2 Å². The lowest BCUT2D eigenvalue weighted by Gasteiger charge is -2.20. The first-order chi connectivity index (χ1) is 15.5. The minimum absolute atomic E-state index is 0.146. The molecular weight excluding hydrogens is 418 g/mol. The smallest absolute Gasteiger partial charge is 0.287 e. The monoisotopic (exact) mass is 435 g/mol. The van der Waals surface area contributed by atoms with Crippen LogP contribution in [0.4, 0.5) is 5.69 Å². The molecule has 1 aliphatic rings. The number of hydrogen-bond acceptors (Lipinski definition) is 9. The quantitative estimate of drug-likeness (QED) is 0.425. The summed E-state index contributed by atoms with van der Waals surface area (Å²) in [5, 5.41) is 16.3. The minimum atomic E-state index is -0.795. The second kappa shape index (κ2) is 8.68. The average molecular weight is 435 g/mol. The van der Waals surface area contributed by atoms with Crippen molar-refractivity contribution in [3.05, 3.63) is 82.3 Å². The fourth-order valence-electron chi connectivity index (χ4n) is 2.97. The Hall–Kier alpha value is -4.54. The third kappa shape index (κ3) is 4.17. The van der Waals surface area contributed by atoms with Crippen LogP contribution in [0.5, 0.6) is 17.4 Å². The number of benzene rings is 1. The number of carbonyl (C=O) groups excluding carboxylic acids is 1. The van der Waals surface area contributed by atoms with Gasteiger partial charge in [-0.05, 0) is 30.3 Å². The van der Waals surface area contributed by atoms with E-state index in [1.807, 2.05) is 0 Å². The normalized spacial score (nSPS) is 15.0. The molecule has 0 radical (unpaired) electrons. The Morgan fingerprint density at radius 3 is 2.56 bits per heavy atom. The number of hydrogen-bond donors (Lipinski definition) is 0. The summed E-state index contributed by atoms with van der Waals surface area (Å²) >= 11 is 0. The molecule has 2 aromatic heterocycles.